The molecule has 0 atom stereocenters. The predicted molar refractivity (Wildman–Crippen MR) is 117 cm³/mol. The van der Waals surface area contributed by atoms with E-state index in [1.165, 1.54) is 16.9 Å². The van der Waals surface area contributed by atoms with Crippen LogP contribution < -0.4 is 10.9 Å². The molecule has 1 amide bonds. The van der Waals surface area contributed by atoms with Crippen molar-refractivity contribution in [3.8, 4) is 11.9 Å². The van der Waals surface area contributed by atoms with Gasteiger partial charge in [-0.3, -0.25) is 14.7 Å². The minimum Gasteiger partial charge on any atom is -0.321 e. The lowest BCUT2D eigenvalue weighted by molar-refractivity contribution is 0.102. The Morgan fingerprint density at radius 2 is 1.94 bits per heavy atom. The molecule has 2 heterocycles. The van der Waals surface area contributed by atoms with Crippen LogP contribution in [0.2, 0.25) is 0 Å². The van der Waals surface area contributed by atoms with Crippen LogP contribution in [0.3, 0.4) is 0 Å². The Morgan fingerprint density at radius 3 is 2.65 bits per heavy atom. The molecule has 0 bridgehead atoms. The lowest BCUT2D eigenvalue weighted by Crippen LogP contribution is -2.19. The van der Waals surface area contributed by atoms with Gasteiger partial charge in [-0.25, -0.2) is 9.67 Å². The summed E-state index contributed by atoms with van der Waals surface area (Å²) in [7, 11) is 0. The molecule has 0 aliphatic carbocycles. The zero-order valence-electron chi connectivity index (χ0n) is 16.8. The summed E-state index contributed by atoms with van der Waals surface area (Å²) in [6.07, 6.45) is 2.02. The summed E-state index contributed by atoms with van der Waals surface area (Å²) in [5.41, 5.74) is 3.64. The number of nitrogens with one attached hydrogen (secondary N) is 2. The monoisotopic (exact) mass is 409 g/mol. The number of aromatic nitrogens is 3. The molecule has 2 aromatic heterocycles. The molecule has 0 fully saturated rings. The molecule has 0 radical (unpaired) electrons. The highest BCUT2D eigenvalue weighted by Gasteiger charge is 2.14. The maximum atomic E-state index is 12.9. The van der Waals surface area contributed by atoms with E-state index in [0.29, 0.717) is 34.6 Å². The van der Waals surface area contributed by atoms with Crippen molar-refractivity contribution >= 4 is 11.6 Å². The van der Waals surface area contributed by atoms with Gasteiger partial charge in [-0.15, -0.1) is 0 Å². The number of pyridine rings is 1. The first-order chi connectivity index (χ1) is 15.0. The highest BCUT2D eigenvalue weighted by Crippen LogP contribution is 2.14. The largest absolute Gasteiger partial charge is 0.321 e. The summed E-state index contributed by atoms with van der Waals surface area (Å²) in [5.74, 6) is 0.0848. The molecule has 7 nitrogen and oxygen atoms in total. The van der Waals surface area contributed by atoms with Gasteiger partial charge in [0.25, 0.3) is 11.5 Å². The van der Waals surface area contributed by atoms with Crippen LogP contribution in [0.4, 0.5) is 5.69 Å². The third-order valence-corrected chi connectivity index (χ3v) is 4.91. The second-order valence-electron chi connectivity index (χ2n) is 7.07. The van der Waals surface area contributed by atoms with Gasteiger partial charge < -0.3 is 5.32 Å². The number of nitriles is 1. The fourth-order valence-corrected chi connectivity index (χ4v) is 3.28. The Kier molecular flexibility index (Phi) is 5.45. The summed E-state index contributed by atoms with van der Waals surface area (Å²) in [6.45, 7) is 1.86. The van der Waals surface area contributed by atoms with E-state index in [4.69, 9.17) is 5.26 Å². The number of rotatable bonds is 5. The van der Waals surface area contributed by atoms with Crippen molar-refractivity contribution in [2.75, 3.05) is 5.32 Å². The smallest absolute Gasteiger partial charge is 0.276 e. The van der Waals surface area contributed by atoms with Gasteiger partial charge >= 0.3 is 0 Å². The number of carbonyl (C=O) groups excluding carboxylic acids is 1. The molecule has 0 unspecified atom stereocenters. The third kappa shape index (κ3) is 4.28. The van der Waals surface area contributed by atoms with Crippen molar-refractivity contribution in [3.05, 3.63) is 111 Å². The highest BCUT2D eigenvalue weighted by molar-refractivity contribution is 6.04. The molecule has 0 spiro atoms. The Morgan fingerprint density at radius 1 is 1.13 bits per heavy atom. The van der Waals surface area contributed by atoms with Crippen LogP contribution in [-0.2, 0) is 6.42 Å². The first-order valence-corrected chi connectivity index (χ1v) is 9.67. The minimum absolute atomic E-state index is 0.154. The Bertz CT molecular complexity index is 1330. The van der Waals surface area contributed by atoms with Crippen LogP contribution in [0, 0.1) is 18.3 Å². The predicted octanol–water partition coefficient (Wildman–Crippen LogP) is 3.58. The zero-order chi connectivity index (χ0) is 21.8. The quantitative estimate of drug-likeness (QED) is 0.526. The van der Waals surface area contributed by atoms with E-state index in [1.807, 2.05) is 43.3 Å². The van der Waals surface area contributed by atoms with Crippen molar-refractivity contribution in [1.29, 1.82) is 5.26 Å². The molecule has 7 heteroatoms. The van der Waals surface area contributed by atoms with Gasteiger partial charge in [0.05, 0.1) is 23.5 Å². The summed E-state index contributed by atoms with van der Waals surface area (Å²) >= 11 is 0. The Labute approximate surface area is 178 Å². The Hall–Kier alpha value is -4.44. The molecule has 0 aliphatic rings. The summed E-state index contributed by atoms with van der Waals surface area (Å²) in [4.78, 5) is 29.6. The lowest BCUT2D eigenvalue weighted by Gasteiger charge is -2.06. The first-order valence-electron chi connectivity index (χ1n) is 9.67. The van der Waals surface area contributed by atoms with Crippen LogP contribution in [-0.4, -0.2) is 20.7 Å². The van der Waals surface area contributed by atoms with Gasteiger partial charge in [-0.2, -0.15) is 5.26 Å². The van der Waals surface area contributed by atoms with Gasteiger partial charge in [0, 0.05) is 23.2 Å². The van der Waals surface area contributed by atoms with E-state index in [2.05, 4.69) is 15.4 Å². The van der Waals surface area contributed by atoms with Gasteiger partial charge in [0.15, 0.2) is 5.82 Å². The number of aromatic amines is 1. The normalized spacial score (nSPS) is 10.5. The molecule has 0 saturated carbocycles. The lowest BCUT2D eigenvalue weighted by atomic mass is 10.1. The van der Waals surface area contributed by atoms with E-state index in [-0.39, 0.29) is 11.5 Å². The second kappa shape index (κ2) is 8.51. The van der Waals surface area contributed by atoms with Crippen LogP contribution in [0.5, 0.6) is 0 Å². The maximum Gasteiger partial charge on any atom is 0.276 e. The van der Waals surface area contributed by atoms with Crippen molar-refractivity contribution in [2.45, 2.75) is 13.3 Å². The first kappa shape index (κ1) is 19.9. The molecule has 31 heavy (non-hydrogen) atoms. The van der Waals surface area contributed by atoms with Crippen molar-refractivity contribution < 1.29 is 4.79 Å². The molecule has 2 N–H and O–H groups in total. The standard InChI is InChI=1S/C24H19N5O2/c1-16-21(13-17-6-3-2-4-7-17)24(31)29(28-16)22-11-10-20(15-26-22)27-23(30)19-9-5-8-18(12-19)14-25/h2-12,15,28H,13H2,1H3,(H,27,30). The number of hydrogen-bond donors (Lipinski definition) is 2. The molecule has 2 aromatic carbocycles. The fourth-order valence-electron chi connectivity index (χ4n) is 3.28. The van der Waals surface area contributed by atoms with Crippen molar-refractivity contribution in [3.63, 3.8) is 0 Å². The number of benzene rings is 2. The average Bonchev–Trinajstić information content (AvgIpc) is 3.08. The average molecular weight is 409 g/mol. The number of H-pyrrole nitrogens is 1. The van der Waals surface area contributed by atoms with E-state index in [1.54, 1.807) is 30.3 Å². The van der Waals surface area contributed by atoms with Gasteiger partial charge in [0.1, 0.15) is 0 Å². The molecular weight excluding hydrogens is 390 g/mol. The second-order valence-corrected chi connectivity index (χ2v) is 7.07. The molecule has 0 saturated heterocycles. The molecule has 4 rings (SSSR count). The molecular formula is C24H19N5O2. The van der Waals surface area contributed by atoms with Crippen molar-refractivity contribution in [2.24, 2.45) is 0 Å². The Balaban J connectivity index is 1.53. The van der Waals surface area contributed by atoms with Gasteiger partial charge in [-0.1, -0.05) is 36.4 Å². The van der Waals surface area contributed by atoms with Crippen molar-refractivity contribution in [1.82, 2.24) is 14.8 Å². The highest BCUT2D eigenvalue weighted by atomic mass is 16.1. The van der Waals surface area contributed by atoms with Gasteiger partial charge in [-0.05, 0) is 42.8 Å². The number of aryl methyl sites for hydroxylation is 1. The summed E-state index contributed by atoms with van der Waals surface area (Å²) in [6, 6.07) is 21.6. The fraction of sp³-hybridized carbons (Fsp3) is 0.0833. The van der Waals surface area contributed by atoms with E-state index >= 15 is 0 Å². The number of anilines is 1. The summed E-state index contributed by atoms with van der Waals surface area (Å²) in [5, 5.41) is 14.8. The molecule has 4 aromatic rings. The molecule has 152 valence electrons. The number of amides is 1. The number of nitrogens with zero attached hydrogens (tertiary/aromatic N) is 3. The number of carbonyl (C=O) groups is 1. The topological polar surface area (TPSA) is 104 Å². The molecule has 0 aliphatic heterocycles. The van der Waals surface area contributed by atoms with Crippen LogP contribution in [0.15, 0.2) is 77.7 Å². The van der Waals surface area contributed by atoms with E-state index in [9.17, 15) is 9.59 Å². The van der Waals surface area contributed by atoms with E-state index < -0.39 is 0 Å². The SMILES string of the molecule is Cc1[nH]n(-c2ccc(NC(=O)c3cccc(C#N)c3)cn2)c(=O)c1Cc1ccccc1. The van der Waals surface area contributed by atoms with Crippen LogP contribution >= 0.6 is 0 Å². The van der Waals surface area contributed by atoms with Crippen LogP contribution in [0.1, 0.15) is 32.7 Å². The van der Waals surface area contributed by atoms with Crippen LogP contribution in [0.25, 0.3) is 5.82 Å². The summed E-state index contributed by atoms with van der Waals surface area (Å²) < 4.78 is 1.40. The van der Waals surface area contributed by atoms with Gasteiger partial charge in [0.2, 0.25) is 0 Å². The zero-order valence-corrected chi connectivity index (χ0v) is 16.8. The maximum absolute atomic E-state index is 12.9. The van der Waals surface area contributed by atoms with E-state index in [0.717, 1.165) is 11.3 Å². The number of hydrogen-bond acceptors (Lipinski definition) is 4. The minimum atomic E-state index is -0.343. The third-order valence-electron chi connectivity index (χ3n) is 4.91.